The van der Waals surface area contributed by atoms with Crippen LogP contribution in [0, 0.1) is 0 Å². The number of anilines is 3. The van der Waals surface area contributed by atoms with Crippen LogP contribution in [0.1, 0.15) is 20.7 Å². The number of aromatic nitrogens is 2. The molecule has 0 aliphatic heterocycles. The molecule has 0 fully saturated rings. The van der Waals surface area contributed by atoms with E-state index in [0.717, 1.165) is 5.39 Å². The molecule has 4 rings (SSSR count). The molecule has 0 aliphatic rings. The van der Waals surface area contributed by atoms with Crippen LogP contribution in [0.5, 0.6) is 0 Å². The van der Waals surface area contributed by atoms with Gasteiger partial charge in [-0.3, -0.25) is 9.59 Å². The van der Waals surface area contributed by atoms with Gasteiger partial charge in [0.2, 0.25) is 0 Å². The van der Waals surface area contributed by atoms with Gasteiger partial charge in [0.05, 0.1) is 39.8 Å². The summed E-state index contributed by atoms with van der Waals surface area (Å²) < 4.78 is 0. The molecular formula is C23H19Cl2N5O3. The lowest BCUT2D eigenvalue weighted by molar-refractivity contribution is 0.101. The fraction of sp³-hybridized carbons (Fsp3) is 0.0870. The second kappa shape index (κ2) is 9.91. The molecule has 10 heteroatoms. The minimum atomic E-state index is -0.435. The lowest BCUT2D eigenvalue weighted by atomic mass is 10.1. The molecule has 168 valence electrons. The second-order valence-electron chi connectivity index (χ2n) is 7.09. The number of rotatable bonds is 7. The molecule has 0 bridgehead atoms. The summed E-state index contributed by atoms with van der Waals surface area (Å²) in [5, 5.41) is 18.8. The van der Waals surface area contributed by atoms with E-state index in [4.69, 9.17) is 28.3 Å². The third-order valence-corrected chi connectivity index (χ3v) is 5.43. The molecule has 5 N–H and O–H groups in total. The van der Waals surface area contributed by atoms with Gasteiger partial charge in [-0.25, -0.2) is 4.98 Å². The molecule has 4 aromatic rings. The highest BCUT2D eigenvalue weighted by molar-refractivity contribution is 6.35. The molecule has 0 saturated carbocycles. The minimum Gasteiger partial charge on any atom is -0.395 e. The van der Waals surface area contributed by atoms with Gasteiger partial charge < -0.3 is 26.0 Å². The average molecular weight is 484 g/mol. The molecule has 0 aliphatic carbocycles. The summed E-state index contributed by atoms with van der Waals surface area (Å²) in [4.78, 5) is 32.7. The number of carbonyl (C=O) groups excluding carboxylic acids is 2. The van der Waals surface area contributed by atoms with Crippen molar-refractivity contribution >= 4 is 63.1 Å². The van der Waals surface area contributed by atoms with Gasteiger partial charge in [0.25, 0.3) is 11.8 Å². The van der Waals surface area contributed by atoms with E-state index in [0.29, 0.717) is 39.8 Å². The number of benzene rings is 2. The number of aliphatic hydroxyl groups is 1. The van der Waals surface area contributed by atoms with Crippen molar-refractivity contribution in [3.63, 3.8) is 0 Å². The monoisotopic (exact) mass is 483 g/mol. The number of hydrogen-bond acceptors (Lipinski definition) is 5. The number of halogens is 2. The standard InChI is InChI=1S/C23H19Cl2N5O3/c24-18-3-2-15(29-22(32)14-1-4-20(19(25)10-14)26-7-8-31)11-17(18)23(33)30-16-9-13-5-6-27-21(13)28-12-16/h1-6,9-12,26,31H,7-8H2,(H,27,28)(H,29,32)(H,30,33). The van der Waals surface area contributed by atoms with E-state index in [1.54, 1.807) is 36.7 Å². The van der Waals surface area contributed by atoms with E-state index < -0.39 is 11.8 Å². The Bertz CT molecular complexity index is 1340. The number of pyridine rings is 1. The third kappa shape index (κ3) is 5.25. The van der Waals surface area contributed by atoms with Crippen LogP contribution in [0.4, 0.5) is 17.1 Å². The summed E-state index contributed by atoms with van der Waals surface area (Å²) in [6.45, 7) is 0.304. The quantitative estimate of drug-likeness (QED) is 0.259. The molecule has 0 unspecified atom stereocenters. The van der Waals surface area contributed by atoms with Crippen molar-refractivity contribution in [3.8, 4) is 0 Å². The predicted molar refractivity (Wildman–Crippen MR) is 130 cm³/mol. The van der Waals surface area contributed by atoms with Crippen molar-refractivity contribution in [2.45, 2.75) is 0 Å². The van der Waals surface area contributed by atoms with E-state index in [2.05, 4.69) is 25.9 Å². The van der Waals surface area contributed by atoms with Gasteiger partial charge in [-0.15, -0.1) is 0 Å². The van der Waals surface area contributed by atoms with Crippen LogP contribution in [0.25, 0.3) is 11.0 Å². The molecule has 0 spiro atoms. The molecule has 2 aromatic heterocycles. The van der Waals surface area contributed by atoms with E-state index in [9.17, 15) is 9.59 Å². The Balaban J connectivity index is 1.48. The van der Waals surface area contributed by atoms with Crippen molar-refractivity contribution in [2.24, 2.45) is 0 Å². The van der Waals surface area contributed by atoms with Crippen LogP contribution in [-0.4, -0.2) is 40.0 Å². The zero-order chi connectivity index (χ0) is 23.4. The number of carbonyl (C=O) groups is 2. The number of fused-ring (bicyclic) bond motifs is 1. The topological polar surface area (TPSA) is 119 Å². The SMILES string of the molecule is O=C(Nc1ccc(Cl)c(C(=O)Nc2cnc3[nH]ccc3c2)c1)c1ccc(NCCO)c(Cl)c1. The van der Waals surface area contributed by atoms with Crippen LogP contribution in [0.3, 0.4) is 0 Å². The number of nitrogens with one attached hydrogen (secondary N) is 4. The molecule has 2 heterocycles. The molecule has 33 heavy (non-hydrogen) atoms. The number of hydrogen-bond donors (Lipinski definition) is 5. The van der Waals surface area contributed by atoms with Crippen LogP contribution >= 0.6 is 23.2 Å². The highest BCUT2D eigenvalue weighted by Gasteiger charge is 2.15. The Kier molecular flexibility index (Phi) is 6.79. The molecule has 0 saturated heterocycles. The molecule has 0 atom stereocenters. The van der Waals surface area contributed by atoms with Gasteiger partial charge in [0.15, 0.2) is 0 Å². The third-order valence-electron chi connectivity index (χ3n) is 4.79. The fourth-order valence-electron chi connectivity index (χ4n) is 3.18. The first kappa shape index (κ1) is 22.6. The molecule has 0 radical (unpaired) electrons. The summed E-state index contributed by atoms with van der Waals surface area (Å²) >= 11 is 12.4. The molecular weight excluding hydrogens is 465 g/mol. The van der Waals surface area contributed by atoms with Gasteiger partial charge in [-0.2, -0.15) is 0 Å². The highest BCUT2D eigenvalue weighted by Crippen LogP contribution is 2.25. The first-order chi connectivity index (χ1) is 15.9. The number of H-pyrrole nitrogens is 1. The van der Waals surface area contributed by atoms with Gasteiger partial charge in [0, 0.05) is 29.4 Å². The van der Waals surface area contributed by atoms with Crippen LogP contribution < -0.4 is 16.0 Å². The first-order valence-corrected chi connectivity index (χ1v) is 10.7. The zero-order valence-electron chi connectivity index (χ0n) is 17.2. The summed E-state index contributed by atoms with van der Waals surface area (Å²) in [5.41, 5.74) is 2.77. The van der Waals surface area contributed by atoms with Crippen LogP contribution in [-0.2, 0) is 0 Å². The Hall–Kier alpha value is -3.59. The highest BCUT2D eigenvalue weighted by atomic mass is 35.5. The van der Waals surface area contributed by atoms with Crippen LogP contribution in [0.15, 0.2) is 60.9 Å². The number of aromatic amines is 1. The number of aliphatic hydroxyl groups excluding tert-OH is 1. The summed E-state index contributed by atoms with van der Waals surface area (Å²) in [7, 11) is 0. The molecule has 8 nitrogen and oxygen atoms in total. The van der Waals surface area contributed by atoms with Gasteiger partial charge in [-0.1, -0.05) is 23.2 Å². The van der Waals surface area contributed by atoms with Crippen molar-refractivity contribution in [1.29, 1.82) is 0 Å². The van der Waals surface area contributed by atoms with Crippen molar-refractivity contribution in [1.82, 2.24) is 9.97 Å². The molecule has 2 aromatic carbocycles. The lowest BCUT2D eigenvalue weighted by Gasteiger charge is -2.11. The Morgan fingerprint density at radius 1 is 0.939 bits per heavy atom. The maximum Gasteiger partial charge on any atom is 0.257 e. The predicted octanol–water partition coefficient (Wildman–Crippen LogP) is 4.78. The second-order valence-corrected chi connectivity index (χ2v) is 7.90. The first-order valence-electron chi connectivity index (χ1n) is 9.94. The Morgan fingerprint density at radius 2 is 1.76 bits per heavy atom. The Labute approximate surface area is 198 Å². The van der Waals surface area contributed by atoms with Gasteiger partial charge in [-0.05, 0) is 48.5 Å². The summed E-state index contributed by atoms with van der Waals surface area (Å²) in [5.74, 6) is -0.837. The van der Waals surface area contributed by atoms with E-state index >= 15 is 0 Å². The van der Waals surface area contributed by atoms with Gasteiger partial charge >= 0.3 is 0 Å². The lowest BCUT2D eigenvalue weighted by Crippen LogP contribution is -2.15. The smallest absolute Gasteiger partial charge is 0.257 e. The molecule has 2 amide bonds. The average Bonchev–Trinajstić information content (AvgIpc) is 3.27. The van der Waals surface area contributed by atoms with Crippen molar-refractivity contribution in [2.75, 3.05) is 29.1 Å². The van der Waals surface area contributed by atoms with Crippen molar-refractivity contribution < 1.29 is 14.7 Å². The fourth-order valence-corrected chi connectivity index (χ4v) is 3.63. The zero-order valence-corrected chi connectivity index (χ0v) is 18.7. The summed E-state index contributed by atoms with van der Waals surface area (Å²) in [6.07, 6.45) is 3.30. The van der Waals surface area contributed by atoms with E-state index in [1.807, 2.05) is 6.07 Å². The minimum absolute atomic E-state index is 0.0394. The number of amides is 2. The van der Waals surface area contributed by atoms with Gasteiger partial charge in [0.1, 0.15) is 5.65 Å². The van der Waals surface area contributed by atoms with E-state index in [-0.39, 0.29) is 17.2 Å². The maximum absolute atomic E-state index is 12.8. The maximum atomic E-state index is 12.8. The summed E-state index contributed by atoms with van der Waals surface area (Å²) in [6, 6.07) is 13.1. The normalized spacial score (nSPS) is 10.8. The van der Waals surface area contributed by atoms with E-state index in [1.165, 1.54) is 18.2 Å². The van der Waals surface area contributed by atoms with Crippen LogP contribution in [0.2, 0.25) is 10.0 Å². The largest absolute Gasteiger partial charge is 0.395 e. The number of nitrogens with zero attached hydrogens (tertiary/aromatic N) is 1. The Morgan fingerprint density at radius 3 is 2.55 bits per heavy atom. The van der Waals surface area contributed by atoms with Crippen molar-refractivity contribution in [3.05, 3.63) is 82.1 Å².